The molecule has 0 aromatic heterocycles. The Bertz CT molecular complexity index is 475. The van der Waals surface area contributed by atoms with Crippen molar-refractivity contribution in [3.8, 4) is 0 Å². The first kappa shape index (κ1) is 18.8. The van der Waals surface area contributed by atoms with Crippen molar-refractivity contribution < 1.29 is 18.0 Å². The second kappa shape index (κ2) is 7.83. The Morgan fingerprint density at radius 2 is 2.00 bits per heavy atom. The quantitative estimate of drug-likeness (QED) is 0.917. The van der Waals surface area contributed by atoms with E-state index >= 15 is 0 Å². The van der Waals surface area contributed by atoms with Gasteiger partial charge in [0.05, 0.1) is 5.92 Å². The summed E-state index contributed by atoms with van der Waals surface area (Å²) in [7, 11) is 1.58. The predicted octanol–water partition coefficient (Wildman–Crippen LogP) is 2.96. The number of likely N-dealkylation sites (N-methyl/N-ethyl adjacent to an activating group) is 1. The van der Waals surface area contributed by atoms with Crippen LogP contribution >= 0.6 is 12.4 Å². The first-order chi connectivity index (χ1) is 9.89. The van der Waals surface area contributed by atoms with Gasteiger partial charge in [-0.05, 0) is 18.5 Å². The summed E-state index contributed by atoms with van der Waals surface area (Å²) in [4.78, 5) is 13.6. The molecule has 2 unspecified atom stereocenters. The Hall–Kier alpha value is -1.27. The Morgan fingerprint density at radius 1 is 1.36 bits per heavy atom. The largest absolute Gasteiger partial charge is 0.396 e. The van der Waals surface area contributed by atoms with Crippen molar-refractivity contribution in [3.63, 3.8) is 0 Å². The van der Waals surface area contributed by atoms with E-state index in [1.165, 1.54) is 17.0 Å². The molecule has 1 heterocycles. The fourth-order valence-electron chi connectivity index (χ4n) is 2.60. The fourth-order valence-corrected chi connectivity index (χ4v) is 2.60. The molecule has 3 nitrogen and oxygen atoms in total. The second-order valence-corrected chi connectivity index (χ2v) is 5.36. The van der Waals surface area contributed by atoms with Gasteiger partial charge in [-0.25, -0.2) is 0 Å². The third kappa shape index (κ3) is 4.61. The number of alkyl halides is 3. The third-order valence-electron chi connectivity index (χ3n) is 3.95. The lowest BCUT2D eigenvalue weighted by atomic mass is 9.94. The zero-order chi connectivity index (χ0) is 15.5. The monoisotopic (exact) mass is 336 g/mol. The van der Waals surface area contributed by atoms with E-state index in [1.807, 2.05) is 0 Å². The number of carbonyl (C=O) groups is 1. The van der Waals surface area contributed by atoms with Gasteiger partial charge in [0, 0.05) is 26.1 Å². The molecule has 124 valence electrons. The maximum atomic E-state index is 13.2. The van der Waals surface area contributed by atoms with Crippen molar-refractivity contribution in [3.05, 3.63) is 35.9 Å². The maximum absolute atomic E-state index is 13.2. The topological polar surface area (TPSA) is 32.3 Å². The molecular weight excluding hydrogens is 317 g/mol. The van der Waals surface area contributed by atoms with Crippen LogP contribution in [0.5, 0.6) is 0 Å². The van der Waals surface area contributed by atoms with Crippen LogP contribution in [0.25, 0.3) is 0 Å². The van der Waals surface area contributed by atoms with Crippen LogP contribution in [0.4, 0.5) is 13.2 Å². The highest BCUT2D eigenvalue weighted by atomic mass is 35.5. The number of rotatable bonds is 4. The molecule has 0 radical (unpaired) electrons. The molecule has 1 N–H and O–H groups in total. The predicted molar refractivity (Wildman–Crippen MR) is 81.1 cm³/mol. The number of hydrogen-bond acceptors (Lipinski definition) is 2. The minimum absolute atomic E-state index is 0. The molecule has 0 saturated carbocycles. The molecule has 1 aromatic rings. The Balaban J connectivity index is 0.00000242. The molecule has 0 spiro atoms. The summed E-state index contributed by atoms with van der Waals surface area (Å²) in [6.45, 7) is 1.44. The van der Waals surface area contributed by atoms with Crippen molar-refractivity contribution in [2.45, 2.75) is 31.0 Å². The highest BCUT2D eigenvalue weighted by molar-refractivity contribution is 5.85. The van der Waals surface area contributed by atoms with Crippen molar-refractivity contribution >= 4 is 18.3 Å². The summed E-state index contributed by atoms with van der Waals surface area (Å²) < 4.78 is 39.7. The van der Waals surface area contributed by atoms with Crippen LogP contribution in [0.15, 0.2) is 30.3 Å². The molecule has 1 amide bonds. The molecule has 1 aromatic carbocycles. The van der Waals surface area contributed by atoms with Crippen LogP contribution in [-0.4, -0.2) is 43.2 Å². The van der Waals surface area contributed by atoms with Crippen molar-refractivity contribution in [1.29, 1.82) is 0 Å². The number of benzene rings is 1. The molecule has 0 aliphatic carbocycles. The van der Waals surface area contributed by atoms with E-state index in [-0.39, 0.29) is 24.0 Å². The normalized spacial score (nSPS) is 19.4. The fraction of sp³-hybridized carbons (Fsp3) is 0.533. The van der Waals surface area contributed by atoms with E-state index in [0.29, 0.717) is 6.54 Å². The van der Waals surface area contributed by atoms with Crippen LogP contribution in [0.2, 0.25) is 0 Å². The summed E-state index contributed by atoms with van der Waals surface area (Å²) in [5, 5.41) is 3.11. The number of halogens is 4. The number of hydrogen-bond donors (Lipinski definition) is 1. The zero-order valence-electron chi connectivity index (χ0n) is 12.3. The average molecular weight is 337 g/mol. The van der Waals surface area contributed by atoms with Crippen LogP contribution in [0.1, 0.15) is 24.3 Å². The van der Waals surface area contributed by atoms with E-state index in [2.05, 4.69) is 5.32 Å². The molecular formula is C15H20ClF3N2O. The summed E-state index contributed by atoms with van der Waals surface area (Å²) in [5.41, 5.74) is 0.135. The van der Waals surface area contributed by atoms with Gasteiger partial charge in [-0.15, -0.1) is 12.4 Å². The SMILES string of the molecule is CN(C(=O)CC(c1ccccc1)C(F)(F)F)C1CCNC1.Cl. The first-order valence-electron chi connectivity index (χ1n) is 6.97. The first-order valence-corrected chi connectivity index (χ1v) is 6.97. The van der Waals surface area contributed by atoms with E-state index < -0.39 is 24.4 Å². The lowest BCUT2D eigenvalue weighted by Crippen LogP contribution is -2.40. The summed E-state index contributed by atoms with van der Waals surface area (Å²) in [5.74, 6) is -2.21. The number of carbonyl (C=O) groups excluding carboxylic acids is 1. The minimum Gasteiger partial charge on any atom is -0.341 e. The van der Waals surface area contributed by atoms with E-state index in [0.717, 1.165) is 13.0 Å². The number of amides is 1. The van der Waals surface area contributed by atoms with Crippen LogP contribution in [0.3, 0.4) is 0 Å². The smallest absolute Gasteiger partial charge is 0.341 e. The lowest BCUT2D eigenvalue weighted by molar-refractivity contribution is -0.160. The molecule has 2 atom stereocenters. The standard InChI is InChI=1S/C15H19F3N2O.ClH/c1-20(12-7-8-19-10-12)14(21)9-13(15(16,17)18)11-5-3-2-4-6-11;/h2-6,12-13,19H,7-10H2,1H3;1H. The van der Waals surface area contributed by atoms with Gasteiger partial charge in [0.2, 0.25) is 5.91 Å². The molecule has 1 aliphatic rings. The minimum atomic E-state index is -4.42. The van der Waals surface area contributed by atoms with Crippen LogP contribution < -0.4 is 5.32 Å². The molecule has 1 saturated heterocycles. The average Bonchev–Trinajstić information content (AvgIpc) is 2.97. The molecule has 0 bridgehead atoms. The number of nitrogens with one attached hydrogen (secondary N) is 1. The summed E-state index contributed by atoms with van der Waals surface area (Å²) in [6, 6.07) is 7.61. The van der Waals surface area contributed by atoms with Gasteiger partial charge in [-0.1, -0.05) is 30.3 Å². The number of nitrogens with zero attached hydrogens (tertiary/aromatic N) is 1. The molecule has 22 heavy (non-hydrogen) atoms. The van der Waals surface area contributed by atoms with E-state index in [1.54, 1.807) is 25.2 Å². The lowest BCUT2D eigenvalue weighted by Gasteiger charge is -2.27. The van der Waals surface area contributed by atoms with Crippen molar-refractivity contribution in [2.75, 3.05) is 20.1 Å². The third-order valence-corrected chi connectivity index (χ3v) is 3.95. The van der Waals surface area contributed by atoms with Gasteiger partial charge in [0.1, 0.15) is 0 Å². The maximum Gasteiger partial charge on any atom is 0.396 e. The highest BCUT2D eigenvalue weighted by Crippen LogP contribution is 2.37. The van der Waals surface area contributed by atoms with Gasteiger partial charge in [0.15, 0.2) is 0 Å². The van der Waals surface area contributed by atoms with Gasteiger partial charge >= 0.3 is 6.18 Å². The van der Waals surface area contributed by atoms with Crippen LogP contribution in [-0.2, 0) is 4.79 Å². The zero-order valence-corrected chi connectivity index (χ0v) is 13.1. The van der Waals surface area contributed by atoms with Crippen molar-refractivity contribution in [1.82, 2.24) is 10.2 Å². The highest BCUT2D eigenvalue weighted by Gasteiger charge is 2.42. The van der Waals surface area contributed by atoms with Crippen molar-refractivity contribution in [2.24, 2.45) is 0 Å². The summed E-state index contributed by atoms with van der Waals surface area (Å²) in [6.07, 6.45) is -4.18. The van der Waals surface area contributed by atoms with Gasteiger partial charge < -0.3 is 10.2 Å². The van der Waals surface area contributed by atoms with Gasteiger partial charge in [-0.3, -0.25) is 4.79 Å². The van der Waals surface area contributed by atoms with E-state index in [4.69, 9.17) is 0 Å². The Morgan fingerprint density at radius 3 is 2.50 bits per heavy atom. The molecule has 2 rings (SSSR count). The van der Waals surface area contributed by atoms with Gasteiger partial charge in [0.25, 0.3) is 0 Å². The van der Waals surface area contributed by atoms with Gasteiger partial charge in [-0.2, -0.15) is 13.2 Å². The molecule has 1 fully saturated rings. The van der Waals surface area contributed by atoms with Crippen LogP contribution in [0, 0.1) is 0 Å². The molecule has 1 aliphatic heterocycles. The second-order valence-electron chi connectivity index (χ2n) is 5.36. The Labute approximate surface area is 134 Å². The van der Waals surface area contributed by atoms with E-state index in [9.17, 15) is 18.0 Å². The Kier molecular flexibility index (Phi) is 6.68. The molecule has 7 heteroatoms. The summed E-state index contributed by atoms with van der Waals surface area (Å²) >= 11 is 0.